The molecule has 0 spiro atoms. The minimum absolute atomic E-state index is 0.167. The minimum atomic E-state index is 0.167. The van der Waals surface area contributed by atoms with E-state index in [4.69, 9.17) is 4.74 Å². The molecule has 0 radical (unpaired) electrons. The summed E-state index contributed by atoms with van der Waals surface area (Å²) < 4.78 is 5.25. The fourth-order valence-corrected chi connectivity index (χ4v) is 2.38. The molecule has 3 heteroatoms. The van der Waals surface area contributed by atoms with Gasteiger partial charge in [-0.15, -0.1) is 0 Å². The normalized spacial score (nSPS) is 23.4. The highest BCUT2D eigenvalue weighted by molar-refractivity contribution is 8.00. The summed E-state index contributed by atoms with van der Waals surface area (Å²) in [6.45, 7) is 4.21. The second-order valence-electron chi connectivity index (χ2n) is 3.33. The standard InChI is InChI=1S/C9H16O2S/c1-7(2)11-6-8(10)9-4-3-5-12-9/h7,9H,3-6H2,1-2H3. The Kier molecular flexibility index (Phi) is 4.09. The molecule has 0 aliphatic carbocycles. The lowest BCUT2D eigenvalue weighted by Gasteiger charge is -2.09. The van der Waals surface area contributed by atoms with Crippen molar-refractivity contribution >= 4 is 17.5 Å². The van der Waals surface area contributed by atoms with Gasteiger partial charge in [0.25, 0.3) is 0 Å². The zero-order valence-electron chi connectivity index (χ0n) is 7.71. The predicted octanol–water partition coefficient (Wildman–Crippen LogP) is 1.88. The summed E-state index contributed by atoms with van der Waals surface area (Å²) in [4.78, 5) is 11.4. The molecule has 0 bridgehead atoms. The summed E-state index contributed by atoms with van der Waals surface area (Å²) in [5, 5.41) is 0.226. The minimum Gasteiger partial charge on any atom is -0.371 e. The first-order valence-corrected chi connectivity index (χ1v) is 5.51. The Labute approximate surface area is 78.1 Å². The molecule has 12 heavy (non-hydrogen) atoms. The molecule has 0 saturated carbocycles. The molecular formula is C9H16O2S. The molecule has 0 N–H and O–H groups in total. The summed E-state index contributed by atoms with van der Waals surface area (Å²) >= 11 is 1.77. The molecule has 1 saturated heterocycles. The molecule has 70 valence electrons. The third-order valence-corrected chi connectivity index (χ3v) is 3.27. The molecule has 0 aromatic rings. The van der Waals surface area contributed by atoms with E-state index in [0.717, 1.165) is 12.2 Å². The average molecular weight is 188 g/mol. The van der Waals surface area contributed by atoms with E-state index in [0.29, 0.717) is 6.61 Å². The van der Waals surface area contributed by atoms with Gasteiger partial charge in [0, 0.05) is 0 Å². The van der Waals surface area contributed by atoms with Crippen LogP contribution in [0.4, 0.5) is 0 Å². The Balaban J connectivity index is 2.18. The molecule has 0 amide bonds. The van der Waals surface area contributed by atoms with E-state index in [1.54, 1.807) is 11.8 Å². The number of ketones is 1. The van der Waals surface area contributed by atoms with Crippen molar-refractivity contribution in [3.8, 4) is 0 Å². The smallest absolute Gasteiger partial charge is 0.171 e. The Morgan fingerprint density at radius 2 is 2.42 bits per heavy atom. The average Bonchev–Trinajstić information content (AvgIpc) is 2.51. The summed E-state index contributed by atoms with van der Waals surface area (Å²) in [7, 11) is 0. The lowest BCUT2D eigenvalue weighted by molar-refractivity contribution is -0.124. The maximum absolute atomic E-state index is 11.4. The van der Waals surface area contributed by atoms with Gasteiger partial charge in [0.05, 0.1) is 11.4 Å². The molecule has 1 unspecified atom stereocenters. The van der Waals surface area contributed by atoms with Crippen molar-refractivity contribution in [1.82, 2.24) is 0 Å². The van der Waals surface area contributed by atoms with Crippen LogP contribution in [0.5, 0.6) is 0 Å². The zero-order valence-corrected chi connectivity index (χ0v) is 8.52. The first-order chi connectivity index (χ1) is 5.70. The SMILES string of the molecule is CC(C)OCC(=O)C1CCCS1. The van der Waals surface area contributed by atoms with Gasteiger partial charge in [-0.1, -0.05) is 0 Å². The van der Waals surface area contributed by atoms with Gasteiger partial charge in [-0.2, -0.15) is 11.8 Å². The lowest BCUT2D eigenvalue weighted by Crippen LogP contribution is -2.21. The van der Waals surface area contributed by atoms with Crippen LogP contribution in [0, 0.1) is 0 Å². The van der Waals surface area contributed by atoms with Gasteiger partial charge < -0.3 is 4.74 Å². The van der Waals surface area contributed by atoms with Crippen LogP contribution < -0.4 is 0 Å². The fraction of sp³-hybridized carbons (Fsp3) is 0.889. The molecule has 0 aromatic heterocycles. The van der Waals surface area contributed by atoms with Gasteiger partial charge in [-0.05, 0) is 32.4 Å². The third-order valence-electron chi connectivity index (χ3n) is 1.85. The van der Waals surface area contributed by atoms with Crippen LogP contribution in [-0.2, 0) is 9.53 Å². The van der Waals surface area contributed by atoms with Crippen LogP contribution in [0.2, 0.25) is 0 Å². The first-order valence-electron chi connectivity index (χ1n) is 4.46. The Hall–Kier alpha value is -0.0200. The Bertz CT molecular complexity index is 151. The number of thioether (sulfide) groups is 1. The second kappa shape index (κ2) is 4.87. The first kappa shape index (κ1) is 10.1. The van der Waals surface area contributed by atoms with E-state index in [1.807, 2.05) is 13.8 Å². The van der Waals surface area contributed by atoms with Crippen LogP contribution in [0.3, 0.4) is 0 Å². The summed E-state index contributed by atoms with van der Waals surface area (Å²) in [5.74, 6) is 1.41. The molecular weight excluding hydrogens is 172 g/mol. The summed E-state index contributed by atoms with van der Waals surface area (Å²) in [6, 6.07) is 0. The third kappa shape index (κ3) is 3.15. The van der Waals surface area contributed by atoms with Crippen LogP contribution in [0.15, 0.2) is 0 Å². The van der Waals surface area contributed by atoms with E-state index in [-0.39, 0.29) is 17.1 Å². The van der Waals surface area contributed by atoms with E-state index < -0.39 is 0 Å². The van der Waals surface area contributed by atoms with E-state index in [1.165, 1.54) is 6.42 Å². The van der Waals surface area contributed by atoms with Crippen molar-refractivity contribution in [2.75, 3.05) is 12.4 Å². The second-order valence-corrected chi connectivity index (χ2v) is 4.64. The van der Waals surface area contributed by atoms with Crippen molar-refractivity contribution in [1.29, 1.82) is 0 Å². The van der Waals surface area contributed by atoms with Crippen molar-refractivity contribution in [3.05, 3.63) is 0 Å². The van der Waals surface area contributed by atoms with Gasteiger partial charge in [-0.3, -0.25) is 4.79 Å². The molecule has 2 nitrogen and oxygen atoms in total. The molecule has 1 fully saturated rings. The topological polar surface area (TPSA) is 26.3 Å². The van der Waals surface area contributed by atoms with Crippen molar-refractivity contribution in [2.24, 2.45) is 0 Å². The maximum Gasteiger partial charge on any atom is 0.171 e. The highest BCUT2D eigenvalue weighted by Crippen LogP contribution is 2.26. The highest BCUT2D eigenvalue weighted by atomic mass is 32.2. The number of hydrogen-bond acceptors (Lipinski definition) is 3. The number of Topliss-reactive ketones (excluding diaryl/α,β-unsaturated/α-hetero) is 1. The summed E-state index contributed by atoms with van der Waals surface area (Å²) in [5.41, 5.74) is 0. The molecule has 1 aliphatic rings. The van der Waals surface area contributed by atoms with E-state index >= 15 is 0 Å². The number of ether oxygens (including phenoxy) is 1. The highest BCUT2D eigenvalue weighted by Gasteiger charge is 2.23. The van der Waals surface area contributed by atoms with Gasteiger partial charge >= 0.3 is 0 Å². The maximum atomic E-state index is 11.4. The van der Waals surface area contributed by atoms with Gasteiger partial charge in [-0.25, -0.2) is 0 Å². The van der Waals surface area contributed by atoms with Gasteiger partial charge in [0.15, 0.2) is 5.78 Å². The monoisotopic (exact) mass is 188 g/mol. The molecule has 0 aromatic carbocycles. The van der Waals surface area contributed by atoms with Crippen molar-refractivity contribution < 1.29 is 9.53 Å². The van der Waals surface area contributed by atoms with Gasteiger partial charge in [0.2, 0.25) is 0 Å². The molecule has 1 rings (SSSR count). The summed E-state index contributed by atoms with van der Waals surface area (Å²) in [6.07, 6.45) is 2.40. The van der Waals surface area contributed by atoms with Crippen LogP contribution >= 0.6 is 11.8 Å². The number of carbonyl (C=O) groups is 1. The lowest BCUT2D eigenvalue weighted by atomic mass is 10.2. The van der Waals surface area contributed by atoms with Crippen LogP contribution in [-0.4, -0.2) is 29.5 Å². The largest absolute Gasteiger partial charge is 0.371 e. The molecule has 1 aliphatic heterocycles. The van der Waals surface area contributed by atoms with Gasteiger partial charge in [0.1, 0.15) is 6.61 Å². The van der Waals surface area contributed by atoms with Crippen molar-refractivity contribution in [3.63, 3.8) is 0 Å². The quantitative estimate of drug-likeness (QED) is 0.674. The number of carbonyl (C=O) groups excluding carboxylic acids is 1. The Morgan fingerprint density at radius 1 is 1.67 bits per heavy atom. The van der Waals surface area contributed by atoms with Crippen LogP contribution in [0.1, 0.15) is 26.7 Å². The van der Waals surface area contributed by atoms with Crippen LogP contribution in [0.25, 0.3) is 0 Å². The van der Waals surface area contributed by atoms with Crippen molar-refractivity contribution in [2.45, 2.75) is 38.0 Å². The zero-order chi connectivity index (χ0) is 8.97. The predicted molar refractivity (Wildman–Crippen MR) is 51.6 cm³/mol. The van der Waals surface area contributed by atoms with E-state index in [9.17, 15) is 4.79 Å². The number of rotatable bonds is 4. The molecule has 1 atom stereocenters. The Morgan fingerprint density at radius 3 is 2.92 bits per heavy atom. The fourth-order valence-electron chi connectivity index (χ4n) is 1.17. The van der Waals surface area contributed by atoms with E-state index in [2.05, 4.69) is 0 Å². The molecule has 1 heterocycles. The number of hydrogen-bond donors (Lipinski definition) is 0.